The average Bonchev–Trinajstić information content (AvgIpc) is 3.64. The third-order valence-corrected chi connectivity index (χ3v) is 9.79. The standard InChI is InChI=1S/C37H44N6O4/c1-38-17-22-43-31-14-9-8-13-30(31)39-36(43)41-19-10-18-40(23-24-41)20-15-37(29-11-6-5-7-12-29)16-21-42(27-37)35(44)28-25-32(45-2)34(47-4)33(26-28)46-3/h5-9,11-14,25-26H,10,15-24,27H2,2-4H3. The Hall–Kier alpha value is -4.75. The topological polar surface area (TPSA) is 76.7 Å². The Morgan fingerprint density at radius 3 is 2.36 bits per heavy atom. The van der Waals surface area contributed by atoms with Gasteiger partial charge in [0, 0.05) is 43.7 Å². The minimum Gasteiger partial charge on any atom is -0.493 e. The van der Waals surface area contributed by atoms with E-state index in [1.807, 2.05) is 17.0 Å². The molecule has 2 aliphatic heterocycles. The zero-order chi connectivity index (χ0) is 32.8. The highest BCUT2D eigenvalue weighted by atomic mass is 16.5. The minimum atomic E-state index is -0.142. The summed E-state index contributed by atoms with van der Waals surface area (Å²) in [5, 5.41) is 0. The number of anilines is 1. The summed E-state index contributed by atoms with van der Waals surface area (Å²) in [6.07, 6.45) is 2.90. The number of para-hydroxylation sites is 2. The molecular weight excluding hydrogens is 592 g/mol. The van der Waals surface area contributed by atoms with Crippen molar-refractivity contribution in [3.8, 4) is 17.2 Å². The fourth-order valence-corrected chi connectivity index (χ4v) is 7.25. The van der Waals surface area contributed by atoms with Crippen LogP contribution < -0.4 is 19.1 Å². The number of carbonyl (C=O) groups excluding carboxylic acids is 1. The fourth-order valence-electron chi connectivity index (χ4n) is 7.25. The number of hydrogen-bond acceptors (Lipinski definition) is 7. The Bertz CT molecular complexity index is 1710. The molecule has 10 nitrogen and oxygen atoms in total. The summed E-state index contributed by atoms with van der Waals surface area (Å²) >= 11 is 0. The number of imidazole rings is 1. The zero-order valence-electron chi connectivity index (χ0n) is 27.7. The number of likely N-dealkylation sites (tertiary alicyclic amines) is 1. The summed E-state index contributed by atoms with van der Waals surface area (Å²) in [5.74, 6) is 2.35. The van der Waals surface area contributed by atoms with Crippen LogP contribution in [-0.2, 0) is 12.0 Å². The average molecular weight is 637 g/mol. The van der Waals surface area contributed by atoms with Crippen LogP contribution in [0.15, 0.2) is 66.7 Å². The molecule has 6 rings (SSSR count). The number of aromatic nitrogens is 2. The van der Waals surface area contributed by atoms with Gasteiger partial charge in [0.1, 0.15) is 0 Å². The number of fused-ring (bicyclic) bond motifs is 1. The van der Waals surface area contributed by atoms with Crippen LogP contribution in [0.4, 0.5) is 5.95 Å². The third-order valence-electron chi connectivity index (χ3n) is 9.79. The molecule has 0 aliphatic carbocycles. The van der Waals surface area contributed by atoms with E-state index in [0.29, 0.717) is 49.0 Å². The first-order valence-electron chi connectivity index (χ1n) is 16.4. The highest BCUT2D eigenvalue weighted by Gasteiger charge is 2.42. The van der Waals surface area contributed by atoms with Crippen molar-refractivity contribution in [3.63, 3.8) is 0 Å². The molecule has 47 heavy (non-hydrogen) atoms. The van der Waals surface area contributed by atoms with E-state index in [-0.39, 0.29) is 11.3 Å². The Labute approximate surface area is 277 Å². The van der Waals surface area contributed by atoms with Gasteiger partial charge in [0.25, 0.3) is 5.91 Å². The number of methoxy groups -OCH3 is 3. The zero-order valence-corrected chi connectivity index (χ0v) is 27.7. The highest BCUT2D eigenvalue weighted by Crippen LogP contribution is 2.41. The molecule has 1 atom stereocenters. The van der Waals surface area contributed by atoms with Crippen molar-refractivity contribution in [2.45, 2.75) is 31.2 Å². The quantitative estimate of drug-likeness (QED) is 0.205. The second-order valence-electron chi connectivity index (χ2n) is 12.4. The largest absolute Gasteiger partial charge is 0.493 e. The van der Waals surface area contributed by atoms with E-state index < -0.39 is 0 Å². The summed E-state index contributed by atoms with van der Waals surface area (Å²) in [5.41, 5.74) is 3.73. The molecule has 1 amide bonds. The van der Waals surface area contributed by atoms with Crippen molar-refractivity contribution in [1.29, 1.82) is 0 Å². The van der Waals surface area contributed by atoms with Crippen LogP contribution in [0.1, 0.15) is 35.2 Å². The SMILES string of the molecule is [C-]#[N+]CCn1c(N2CCCN(CCC3(c4ccccc4)CCN(C(=O)c4cc(OC)c(OC)c(OC)c4)C3)CC2)nc2ccccc21. The lowest BCUT2D eigenvalue weighted by molar-refractivity contribution is 0.0780. The first-order valence-corrected chi connectivity index (χ1v) is 16.4. The number of nitrogens with zero attached hydrogens (tertiary/aromatic N) is 6. The van der Waals surface area contributed by atoms with Crippen molar-refractivity contribution >= 4 is 22.9 Å². The van der Waals surface area contributed by atoms with Crippen LogP contribution in [0, 0.1) is 6.57 Å². The second kappa shape index (κ2) is 14.3. The summed E-state index contributed by atoms with van der Waals surface area (Å²) in [6.45, 7) is 14.5. The van der Waals surface area contributed by atoms with Crippen molar-refractivity contribution in [3.05, 3.63) is 89.3 Å². The smallest absolute Gasteiger partial charge is 0.254 e. The van der Waals surface area contributed by atoms with Gasteiger partial charge in [0.05, 0.1) is 38.9 Å². The van der Waals surface area contributed by atoms with E-state index in [2.05, 4.69) is 61.7 Å². The molecule has 0 N–H and O–H groups in total. The fraction of sp³-hybridized carbons (Fsp3) is 0.432. The highest BCUT2D eigenvalue weighted by molar-refractivity contribution is 5.96. The number of ether oxygens (including phenoxy) is 3. The normalized spacial score (nSPS) is 18.6. The van der Waals surface area contributed by atoms with Crippen LogP contribution >= 0.6 is 0 Å². The molecule has 0 bridgehead atoms. The van der Waals surface area contributed by atoms with Crippen LogP contribution in [0.5, 0.6) is 17.2 Å². The van der Waals surface area contributed by atoms with Crippen LogP contribution in [0.2, 0.25) is 0 Å². The molecule has 0 radical (unpaired) electrons. The van der Waals surface area contributed by atoms with Gasteiger partial charge in [-0.3, -0.25) is 4.79 Å². The lowest BCUT2D eigenvalue weighted by Crippen LogP contribution is -2.39. The maximum absolute atomic E-state index is 13.9. The van der Waals surface area contributed by atoms with E-state index in [9.17, 15) is 4.79 Å². The molecule has 4 aromatic rings. The molecule has 3 heterocycles. The van der Waals surface area contributed by atoms with Gasteiger partial charge in [-0.25, -0.2) is 11.6 Å². The van der Waals surface area contributed by atoms with Crippen molar-refractivity contribution < 1.29 is 19.0 Å². The summed E-state index contributed by atoms with van der Waals surface area (Å²) < 4.78 is 18.8. The van der Waals surface area contributed by atoms with E-state index in [4.69, 9.17) is 25.8 Å². The van der Waals surface area contributed by atoms with E-state index in [1.165, 1.54) is 5.56 Å². The molecular formula is C37H44N6O4. The van der Waals surface area contributed by atoms with Crippen LogP contribution in [-0.4, -0.2) is 98.9 Å². The maximum atomic E-state index is 13.9. The summed E-state index contributed by atoms with van der Waals surface area (Å²) in [4.78, 5) is 29.5. The molecule has 3 aromatic carbocycles. The first-order chi connectivity index (χ1) is 23.0. The van der Waals surface area contributed by atoms with Gasteiger partial charge < -0.3 is 38.3 Å². The second-order valence-corrected chi connectivity index (χ2v) is 12.4. The molecule has 1 aromatic heterocycles. The molecule has 10 heteroatoms. The van der Waals surface area contributed by atoms with Crippen LogP contribution in [0.3, 0.4) is 0 Å². The van der Waals surface area contributed by atoms with E-state index in [0.717, 1.165) is 69.0 Å². The summed E-state index contributed by atoms with van der Waals surface area (Å²) in [6, 6.07) is 22.4. The molecule has 246 valence electrons. The molecule has 0 spiro atoms. The lowest BCUT2D eigenvalue weighted by atomic mass is 9.76. The monoisotopic (exact) mass is 636 g/mol. The van der Waals surface area contributed by atoms with E-state index >= 15 is 0 Å². The van der Waals surface area contributed by atoms with Gasteiger partial charge in [-0.1, -0.05) is 42.5 Å². The lowest BCUT2D eigenvalue weighted by Gasteiger charge is -2.33. The molecule has 2 fully saturated rings. The number of hydrogen-bond donors (Lipinski definition) is 0. The van der Waals surface area contributed by atoms with Gasteiger partial charge >= 0.3 is 0 Å². The molecule has 0 saturated carbocycles. The Balaban J connectivity index is 1.17. The number of rotatable bonds is 11. The van der Waals surface area contributed by atoms with Gasteiger partial charge in [0.15, 0.2) is 11.5 Å². The van der Waals surface area contributed by atoms with Crippen LogP contribution in [0.25, 0.3) is 15.9 Å². The Morgan fingerprint density at radius 1 is 0.894 bits per heavy atom. The Kier molecular flexibility index (Phi) is 9.83. The van der Waals surface area contributed by atoms with E-state index in [1.54, 1.807) is 33.5 Å². The number of carbonyl (C=O) groups is 1. The number of benzene rings is 3. The third kappa shape index (κ3) is 6.58. The molecule has 1 unspecified atom stereocenters. The molecule has 2 aliphatic rings. The predicted molar refractivity (Wildman–Crippen MR) is 184 cm³/mol. The van der Waals surface area contributed by atoms with Gasteiger partial charge in [-0.05, 0) is 62.2 Å². The molecule has 2 saturated heterocycles. The maximum Gasteiger partial charge on any atom is 0.254 e. The minimum absolute atomic E-state index is 0.0337. The van der Waals surface area contributed by atoms with Crippen molar-refractivity contribution in [2.75, 3.05) is 78.6 Å². The van der Waals surface area contributed by atoms with Gasteiger partial charge in [0.2, 0.25) is 18.2 Å². The van der Waals surface area contributed by atoms with Crippen molar-refractivity contribution in [2.24, 2.45) is 0 Å². The number of amides is 1. The predicted octanol–water partition coefficient (Wildman–Crippen LogP) is 5.37. The summed E-state index contributed by atoms with van der Waals surface area (Å²) in [7, 11) is 4.69. The first kappa shape index (κ1) is 32.2. The van der Waals surface area contributed by atoms with Gasteiger partial charge in [-0.15, -0.1) is 0 Å². The Morgan fingerprint density at radius 2 is 1.64 bits per heavy atom. The van der Waals surface area contributed by atoms with Gasteiger partial charge in [-0.2, -0.15) is 0 Å². The van der Waals surface area contributed by atoms with Crippen molar-refractivity contribution in [1.82, 2.24) is 19.4 Å².